The number of carboxylic acid groups (broad SMARTS) is 1. The fraction of sp³-hybridized carbons (Fsp3) is 0.735. The lowest BCUT2D eigenvalue weighted by atomic mass is 10.0. The number of rotatable bonds is 28. The van der Waals surface area contributed by atoms with Gasteiger partial charge in [-0.15, -0.1) is 0 Å². The molecule has 0 aromatic heterocycles. The number of hydrogen-bond acceptors (Lipinski definition) is 4. The van der Waals surface area contributed by atoms with E-state index >= 15 is 0 Å². The highest BCUT2D eigenvalue weighted by Crippen LogP contribution is 2.15. The van der Waals surface area contributed by atoms with Gasteiger partial charge in [0.1, 0.15) is 12.6 Å². The summed E-state index contributed by atoms with van der Waals surface area (Å²) in [5.74, 6) is -1.35. The van der Waals surface area contributed by atoms with Crippen molar-refractivity contribution in [2.24, 2.45) is 0 Å². The van der Waals surface area contributed by atoms with Gasteiger partial charge in [0, 0.05) is 12.8 Å². The van der Waals surface area contributed by atoms with Gasteiger partial charge >= 0.3 is 11.9 Å². The summed E-state index contributed by atoms with van der Waals surface area (Å²) >= 11 is 0. The molecule has 0 radical (unpaired) electrons. The van der Waals surface area contributed by atoms with Crippen LogP contribution in [0.1, 0.15) is 149 Å². The standard InChI is InChI=1S/C34H59NO5/c1-3-5-6-7-8-9-10-11-12-13-14-15-16-17-18-19-20-21-25-29-34(39)40-31(26-4-2)27-23-22-24-28-32(36)35-30-33(37)38/h8-9,11-12,14-15,31H,3-7,10,13,16-30H2,1-2H3,(H,35,36)(H,37,38)/b9-8-,12-11-,15-14-. The van der Waals surface area contributed by atoms with Gasteiger partial charge in [0.05, 0.1) is 0 Å². The molecule has 40 heavy (non-hydrogen) atoms. The van der Waals surface area contributed by atoms with Crippen molar-refractivity contribution < 1.29 is 24.2 Å². The Balaban J connectivity index is 3.68. The Morgan fingerprint density at radius 1 is 0.650 bits per heavy atom. The molecule has 0 aliphatic heterocycles. The molecule has 1 atom stereocenters. The zero-order valence-corrected chi connectivity index (χ0v) is 25.7. The summed E-state index contributed by atoms with van der Waals surface area (Å²) in [6.07, 6.45) is 34.7. The van der Waals surface area contributed by atoms with Gasteiger partial charge in [0.25, 0.3) is 0 Å². The van der Waals surface area contributed by atoms with Crippen molar-refractivity contribution in [2.75, 3.05) is 6.54 Å². The number of amides is 1. The topological polar surface area (TPSA) is 92.7 Å². The number of allylic oxidation sites excluding steroid dienone is 6. The zero-order chi connectivity index (χ0) is 29.5. The molecule has 0 saturated carbocycles. The van der Waals surface area contributed by atoms with Crippen LogP contribution in [0.2, 0.25) is 0 Å². The summed E-state index contributed by atoms with van der Waals surface area (Å²) in [4.78, 5) is 34.3. The molecule has 0 heterocycles. The Hall–Kier alpha value is -2.37. The lowest BCUT2D eigenvalue weighted by Crippen LogP contribution is -2.28. The van der Waals surface area contributed by atoms with Crippen LogP contribution in [-0.4, -0.2) is 35.6 Å². The van der Waals surface area contributed by atoms with E-state index in [0.29, 0.717) is 19.3 Å². The first kappa shape index (κ1) is 37.6. The number of nitrogens with one attached hydrogen (secondary N) is 1. The largest absolute Gasteiger partial charge is 0.480 e. The third-order valence-electron chi connectivity index (χ3n) is 6.80. The molecule has 0 spiro atoms. The average molecular weight is 562 g/mol. The van der Waals surface area contributed by atoms with Crippen LogP contribution in [0.3, 0.4) is 0 Å². The van der Waals surface area contributed by atoms with Crippen molar-refractivity contribution in [1.82, 2.24) is 5.32 Å². The van der Waals surface area contributed by atoms with Gasteiger partial charge in [-0.2, -0.15) is 0 Å². The molecular weight excluding hydrogens is 502 g/mol. The molecule has 0 aliphatic carbocycles. The van der Waals surface area contributed by atoms with E-state index in [1.807, 2.05) is 0 Å². The summed E-state index contributed by atoms with van der Waals surface area (Å²) in [5, 5.41) is 10.9. The van der Waals surface area contributed by atoms with Gasteiger partial charge in [-0.05, 0) is 70.6 Å². The Labute approximate surface area is 245 Å². The van der Waals surface area contributed by atoms with Gasteiger partial charge in [0.15, 0.2) is 0 Å². The maximum absolute atomic E-state index is 12.3. The van der Waals surface area contributed by atoms with E-state index < -0.39 is 5.97 Å². The Morgan fingerprint density at radius 2 is 1.20 bits per heavy atom. The predicted octanol–water partition coefficient (Wildman–Crippen LogP) is 9.00. The quantitative estimate of drug-likeness (QED) is 0.0565. The molecule has 0 fully saturated rings. The molecule has 6 heteroatoms. The fourth-order valence-corrected chi connectivity index (χ4v) is 4.45. The zero-order valence-electron chi connectivity index (χ0n) is 25.7. The van der Waals surface area contributed by atoms with Gasteiger partial charge in [-0.25, -0.2) is 0 Å². The van der Waals surface area contributed by atoms with E-state index in [0.717, 1.165) is 64.2 Å². The van der Waals surface area contributed by atoms with Crippen molar-refractivity contribution in [3.05, 3.63) is 36.5 Å². The van der Waals surface area contributed by atoms with Crippen LogP contribution in [0, 0.1) is 0 Å². The van der Waals surface area contributed by atoms with Crippen LogP contribution in [0.25, 0.3) is 0 Å². The number of ether oxygens (including phenoxy) is 1. The van der Waals surface area contributed by atoms with Crippen LogP contribution in [0.5, 0.6) is 0 Å². The molecule has 0 rings (SSSR count). The minimum Gasteiger partial charge on any atom is -0.480 e. The average Bonchev–Trinajstić information content (AvgIpc) is 2.93. The monoisotopic (exact) mass is 561 g/mol. The number of carbonyl (C=O) groups excluding carboxylic acids is 2. The van der Waals surface area contributed by atoms with E-state index in [9.17, 15) is 14.4 Å². The normalized spacial score (nSPS) is 12.4. The van der Waals surface area contributed by atoms with Gasteiger partial charge < -0.3 is 15.2 Å². The molecule has 0 aliphatic rings. The third kappa shape index (κ3) is 28.6. The highest BCUT2D eigenvalue weighted by molar-refractivity contribution is 5.80. The van der Waals surface area contributed by atoms with E-state index in [2.05, 4.69) is 55.6 Å². The highest BCUT2D eigenvalue weighted by Gasteiger charge is 2.13. The maximum atomic E-state index is 12.3. The molecule has 2 N–H and O–H groups in total. The minimum absolute atomic E-state index is 0.0426. The molecule has 1 amide bonds. The second-order valence-electron chi connectivity index (χ2n) is 10.7. The SMILES string of the molecule is CCCCC/C=C\C/C=C\C/C=C\CCCCCCCCC(=O)OC(CCC)CCCCCC(=O)NCC(=O)O. The minimum atomic E-state index is -1.03. The molecule has 6 nitrogen and oxygen atoms in total. The van der Waals surface area contributed by atoms with Gasteiger partial charge in [-0.1, -0.05) is 102 Å². The summed E-state index contributed by atoms with van der Waals surface area (Å²) in [5.41, 5.74) is 0. The smallest absolute Gasteiger partial charge is 0.322 e. The molecule has 1 unspecified atom stereocenters. The first-order chi connectivity index (χ1) is 19.5. The van der Waals surface area contributed by atoms with Gasteiger partial charge in [-0.3, -0.25) is 14.4 Å². The van der Waals surface area contributed by atoms with Crippen LogP contribution < -0.4 is 5.32 Å². The maximum Gasteiger partial charge on any atom is 0.322 e. The fourth-order valence-electron chi connectivity index (χ4n) is 4.45. The predicted molar refractivity (Wildman–Crippen MR) is 166 cm³/mol. The Morgan fingerprint density at radius 3 is 1.82 bits per heavy atom. The van der Waals surface area contributed by atoms with Crippen molar-refractivity contribution in [3.8, 4) is 0 Å². The van der Waals surface area contributed by atoms with E-state index in [1.165, 1.54) is 51.4 Å². The lowest BCUT2D eigenvalue weighted by Gasteiger charge is -2.17. The third-order valence-corrected chi connectivity index (χ3v) is 6.80. The van der Waals surface area contributed by atoms with Crippen LogP contribution in [0.15, 0.2) is 36.5 Å². The molecule has 0 aromatic rings. The van der Waals surface area contributed by atoms with Gasteiger partial charge in [0.2, 0.25) is 5.91 Å². The van der Waals surface area contributed by atoms with Crippen LogP contribution >= 0.6 is 0 Å². The van der Waals surface area contributed by atoms with Crippen molar-refractivity contribution in [1.29, 1.82) is 0 Å². The number of esters is 1. The van der Waals surface area contributed by atoms with E-state index in [1.54, 1.807) is 0 Å². The van der Waals surface area contributed by atoms with Crippen molar-refractivity contribution in [2.45, 2.75) is 155 Å². The second-order valence-corrected chi connectivity index (χ2v) is 10.7. The van der Waals surface area contributed by atoms with Crippen molar-refractivity contribution in [3.63, 3.8) is 0 Å². The number of carboxylic acids is 1. The molecule has 0 bridgehead atoms. The first-order valence-electron chi connectivity index (χ1n) is 16.1. The number of unbranched alkanes of at least 4 members (excludes halogenated alkanes) is 11. The lowest BCUT2D eigenvalue weighted by molar-refractivity contribution is -0.150. The molecular formula is C34H59NO5. The summed E-state index contributed by atoms with van der Waals surface area (Å²) in [7, 11) is 0. The second kappa shape index (κ2) is 29.6. The number of aliphatic carboxylic acids is 1. The first-order valence-corrected chi connectivity index (χ1v) is 16.1. The summed E-state index contributed by atoms with van der Waals surface area (Å²) < 4.78 is 5.72. The van der Waals surface area contributed by atoms with Crippen LogP contribution in [-0.2, 0) is 19.1 Å². The molecule has 0 aromatic carbocycles. The Kier molecular flexibility index (Phi) is 27.9. The summed E-state index contributed by atoms with van der Waals surface area (Å²) in [6, 6.07) is 0. The number of hydrogen-bond donors (Lipinski definition) is 2. The molecule has 0 saturated heterocycles. The van der Waals surface area contributed by atoms with Crippen LogP contribution in [0.4, 0.5) is 0 Å². The van der Waals surface area contributed by atoms with Crippen molar-refractivity contribution >= 4 is 17.8 Å². The van der Waals surface area contributed by atoms with E-state index in [4.69, 9.17) is 9.84 Å². The number of carbonyl (C=O) groups is 3. The summed E-state index contributed by atoms with van der Waals surface area (Å²) in [6.45, 7) is 4.00. The highest BCUT2D eigenvalue weighted by atomic mass is 16.5. The Bertz CT molecular complexity index is 713. The molecule has 230 valence electrons. The van der Waals surface area contributed by atoms with E-state index in [-0.39, 0.29) is 24.5 Å².